The highest BCUT2D eigenvalue weighted by molar-refractivity contribution is 7.13. The van der Waals surface area contributed by atoms with Gasteiger partial charge in [-0.15, -0.1) is 11.3 Å². The van der Waals surface area contributed by atoms with Gasteiger partial charge in [0.05, 0.1) is 19.2 Å². The molecule has 0 radical (unpaired) electrons. The topological polar surface area (TPSA) is 56.1 Å². The van der Waals surface area contributed by atoms with E-state index in [-0.39, 0.29) is 5.91 Å². The Morgan fingerprint density at radius 1 is 1.14 bits per heavy atom. The lowest BCUT2D eigenvalue weighted by Crippen LogP contribution is -2.26. The second-order valence-corrected chi connectivity index (χ2v) is 7.68. The first-order valence-electron chi connectivity index (χ1n) is 9.62. The summed E-state index contributed by atoms with van der Waals surface area (Å²) in [6, 6.07) is 18.2. The predicted octanol–water partition coefficient (Wildman–Crippen LogP) is 4.52. The number of carbonyl (C=O) groups excluding carboxylic acids is 1. The summed E-state index contributed by atoms with van der Waals surface area (Å²) in [6.45, 7) is 1.53. The van der Waals surface area contributed by atoms with Crippen molar-refractivity contribution in [3.05, 3.63) is 71.9 Å². The molecule has 1 N–H and O–H groups in total. The monoisotopic (exact) mass is 405 g/mol. The molecule has 0 spiro atoms. The summed E-state index contributed by atoms with van der Waals surface area (Å²) in [4.78, 5) is 16.8. The number of hydrogen-bond donors (Lipinski definition) is 1. The summed E-state index contributed by atoms with van der Waals surface area (Å²) in [6.07, 6.45) is 3.29. The Bertz CT molecular complexity index is 1100. The average Bonchev–Trinajstić information content (AvgIpc) is 3.38. The van der Waals surface area contributed by atoms with Gasteiger partial charge in [0.25, 0.3) is 0 Å². The van der Waals surface area contributed by atoms with Crippen LogP contribution in [0.4, 0.5) is 0 Å². The van der Waals surface area contributed by atoms with Crippen molar-refractivity contribution in [2.24, 2.45) is 0 Å². The third-order valence-electron chi connectivity index (χ3n) is 4.81. The molecule has 4 rings (SSSR count). The van der Waals surface area contributed by atoms with E-state index >= 15 is 0 Å². The lowest BCUT2D eigenvalue weighted by Gasteiger charge is -2.07. The molecule has 0 saturated carbocycles. The smallest absolute Gasteiger partial charge is 0.226 e. The number of aromatic nitrogens is 2. The van der Waals surface area contributed by atoms with Gasteiger partial charge in [0.2, 0.25) is 5.91 Å². The number of fused-ring (bicyclic) bond motifs is 1. The zero-order valence-electron chi connectivity index (χ0n) is 16.3. The van der Waals surface area contributed by atoms with Crippen LogP contribution >= 0.6 is 11.3 Å². The minimum Gasteiger partial charge on any atom is -0.497 e. The maximum Gasteiger partial charge on any atom is 0.226 e. The van der Waals surface area contributed by atoms with E-state index in [0.29, 0.717) is 13.0 Å². The number of hydrogen-bond acceptors (Lipinski definition) is 4. The number of ether oxygens (including phenoxy) is 1. The molecule has 0 aliphatic rings. The summed E-state index contributed by atoms with van der Waals surface area (Å²) >= 11 is 1.55. The minimum absolute atomic E-state index is 0.00828. The second-order valence-electron chi connectivity index (χ2n) is 6.82. The molecule has 1 amide bonds. The number of benzene rings is 2. The number of nitrogens with zero attached hydrogens (tertiary/aromatic N) is 2. The number of rotatable bonds is 8. The quantitative estimate of drug-likeness (QED) is 0.439. The van der Waals surface area contributed by atoms with Crippen LogP contribution in [0.1, 0.15) is 12.1 Å². The molecule has 6 heteroatoms. The number of nitrogens with one attached hydrogen (secondary N) is 1. The van der Waals surface area contributed by atoms with Crippen LogP contribution in [0.25, 0.3) is 21.5 Å². The number of thiazole rings is 1. The summed E-state index contributed by atoms with van der Waals surface area (Å²) in [5, 5.41) is 7.11. The molecule has 0 atom stereocenters. The second kappa shape index (κ2) is 8.92. The van der Waals surface area contributed by atoms with Crippen molar-refractivity contribution < 1.29 is 9.53 Å². The molecule has 5 nitrogen and oxygen atoms in total. The van der Waals surface area contributed by atoms with E-state index in [1.807, 2.05) is 35.7 Å². The molecule has 2 aromatic heterocycles. The van der Waals surface area contributed by atoms with Gasteiger partial charge in [0.1, 0.15) is 10.8 Å². The van der Waals surface area contributed by atoms with Gasteiger partial charge in [-0.05, 0) is 48.2 Å². The van der Waals surface area contributed by atoms with Crippen LogP contribution in [0.3, 0.4) is 0 Å². The first kappa shape index (κ1) is 19.2. The molecular weight excluding hydrogens is 382 g/mol. The summed E-state index contributed by atoms with van der Waals surface area (Å²) in [5.41, 5.74) is 3.06. The van der Waals surface area contributed by atoms with Gasteiger partial charge < -0.3 is 14.6 Å². The lowest BCUT2D eigenvalue weighted by atomic mass is 10.2. The number of methoxy groups -OCH3 is 1. The van der Waals surface area contributed by atoms with Crippen molar-refractivity contribution in [2.45, 2.75) is 19.4 Å². The van der Waals surface area contributed by atoms with Gasteiger partial charge in [-0.2, -0.15) is 0 Å². The van der Waals surface area contributed by atoms with Crippen LogP contribution in [0, 0.1) is 0 Å². The van der Waals surface area contributed by atoms with Gasteiger partial charge in [-0.25, -0.2) is 4.98 Å². The first-order valence-corrected chi connectivity index (χ1v) is 10.5. The van der Waals surface area contributed by atoms with E-state index in [9.17, 15) is 4.79 Å². The van der Waals surface area contributed by atoms with Crippen molar-refractivity contribution in [3.63, 3.8) is 0 Å². The third-order valence-corrected chi connectivity index (χ3v) is 5.75. The summed E-state index contributed by atoms with van der Waals surface area (Å²) < 4.78 is 7.41. The molecule has 0 bridgehead atoms. The Morgan fingerprint density at radius 2 is 1.97 bits per heavy atom. The number of amides is 1. The van der Waals surface area contributed by atoms with Gasteiger partial charge in [0, 0.05) is 35.7 Å². The maximum absolute atomic E-state index is 12.2. The van der Waals surface area contributed by atoms with Crippen molar-refractivity contribution in [3.8, 4) is 16.3 Å². The zero-order valence-corrected chi connectivity index (χ0v) is 17.1. The third kappa shape index (κ3) is 4.66. The van der Waals surface area contributed by atoms with Crippen LogP contribution < -0.4 is 10.1 Å². The molecule has 148 valence electrons. The molecular formula is C23H23N3O2S. The summed E-state index contributed by atoms with van der Waals surface area (Å²) in [5.74, 6) is 0.826. The van der Waals surface area contributed by atoms with E-state index in [1.54, 1.807) is 18.4 Å². The van der Waals surface area contributed by atoms with E-state index in [0.717, 1.165) is 35.0 Å². The van der Waals surface area contributed by atoms with E-state index < -0.39 is 0 Å². The molecule has 0 aliphatic carbocycles. The highest BCUT2D eigenvalue weighted by Gasteiger charge is 2.09. The maximum atomic E-state index is 12.2. The van der Waals surface area contributed by atoms with E-state index in [1.165, 1.54) is 10.9 Å². The molecule has 0 fully saturated rings. The molecule has 2 heterocycles. The SMILES string of the molecule is COc1ccc(-c2nc(CC(=O)NCCCn3ccc4ccccc43)cs2)cc1. The Morgan fingerprint density at radius 3 is 2.79 bits per heavy atom. The number of aryl methyl sites for hydroxylation is 1. The molecule has 0 saturated heterocycles. The summed E-state index contributed by atoms with van der Waals surface area (Å²) in [7, 11) is 1.65. The average molecular weight is 406 g/mol. The van der Waals surface area contributed by atoms with Crippen molar-refractivity contribution in [2.75, 3.05) is 13.7 Å². The van der Waals surface area contributed by atoms with E-state index in [4.69, 9.17) is 4.74 Å². The van der Waals surface area contributed by atoms with Crippen LogP contribution in [0.2, 0.25) is 0 Å². The largest absolute Gasteiger partial charge is 0.497 e. The van der Waals surface area contributed by atoms with Gasteiger partial charge in [0.15, 0.2) is 0 Å². The minimum atomic E-state index is 0.00828. The predicted molar refractivity (Wildman–Crippen MR) is 117 cm³/mol. The molecule has 0 unspecified atom stereocenters. The zero-order chi connectivity index (χ0) is 20.1. The molecule has 29 heavy (non-hydrogen) atoms. The van der Waals surface area contributed by atoms with Crippen LogP contribution in [0.15, 0.2) is 66.2 Å². The van der Waals surface area contributed by atoms with Crippen molar-refractivity contribution in [1.82, 2.24) is 14.9 Å². The number of para-hydroxylation sites is 1. The van der Waals surface area contributed by atoms with Crippen molar-refractivity contribution in [1.29, 1.82) is 0 Å². The highest BCUT2D eigenvalue weighted by atomic mass is 32.1. The number of carbonyl (C=O) groups is 1. The van der Waals surface area contributed by atoms with Crippen LogP contribution in [0.5, 0.6) is 5.75 Å². The van der Waals surface area contributed by atoms with Gasteiger partial charge >= 0.3 is 0 Å². The van der Waals surface area contributed by atoms with Gasteiger partial charge in [-0.1, -0.05) is 18.2 Å². The Labute approximate surface area is 174 Å². The van der Waals surface area contributed by atoms with Crippen LogP contribution in [-0.4, -0.2) is 29.1 Å². The lowest BCUT2D eigenvalue weighted by molar-refractivity contribution is -0.120. The van der Waals surface area contributed by atoms with Crippen molar-refractivity contribution >= 4 is 28.1 Å². The first-order chi connectivity index (χ1) is 14.2. The fourth-order valence-corrected chi connectivity index (χ4v) is 4.12. The van der Waals surface area contributed by atoms with Crippen LogP contribution in [-0.2, 0) is 17.8 Å². The molecule has 4 aromatic rings. The van der Waals surface area contributed by atoms with E-state index in [2.05, 4.69) is 45.3 Å². The molecule has 2 aromatic carbocycles. The Hall–Kier alpha value is -3.12. The fourth-order valence-electron chi connectivity index (χ4n) is 3.29. The highest BCUT2D eigenvalue weighted by Crippen LogP contribution is 2.25. The molecule has 0 aliphatic heterocycles. The van der Waals surface area contributed by atoms with Gasteiger partial charge in [-0.3, -0.25) is 4.79 Å². The standard InChI is InChI=1S/C23H23N3O2S/c1-28-20-9-7-18(8-10-20)23-25-19(16-29-23)15-22(27)24-12-4-13-26-14-11-17-5-2-3-6-21(17)26/h2-3,5-11,14,16H,4,12-13,15H2,1H3,(H,24,27). The Kier molecular flexibility index (Phi) is 5.91. The normalized spacial score (nSPS) is 10.9. The Balaban J connectivity index is 1.25. The fraction of sp³-hybridized carbons (Fsp3) is 0.217.